The maximum Gasteiger partial charge on any atom is 0.249 e. The predicted octanol–water partition coefficient (Wildman–Crippen LogP) is -3.89. The van der Waals surface area contributed by atoms with Crippen molar-refractivity contribution in [2.75, 3.05) is 0 Å². The van der Waals surface area contributed by atoms with Gasteiger partial charge in [-0.05, 0) is 0 Å². The summed E-state index contributed by atoms with van der Waals surface area (Å²) in [7, 11) is 0. The molecular formula is C6H11NO6. The normalized spacial score (nSPS) is 20.0. The second kappa shape index (κ2) is 4.87. The third-order valence-corrected chi connectivity index (χ3v) is 1.45. The Morgan fingerprint density at radius 3 is 1.92 bits per heavy atom. The Morgan fingerprint density at radius 2 is 1.62 bits per heavy atom. The topological polar surface area (TPSA) is 141 Å². The molecule has 0 radical (unpaired) electrons. The molecule has 0 rings (SSSR count). The lowest BCUT2D eigenvalue weighted by molar-refractivity contribution is -0.147. The molecule has 1 amide bonds. The van der Waals surface area contributed by atoms with E-state index in [0.717, 1.165) is 0 Å². The van der Waals surface area contributed by atoms with Crippen LogP contribution in [0.3, 0.4) is 0 Å². The van der Waals surface area contributed by atoms with E-state index >= 15 is 0 Å². The molecule has 6 N–H and O–H groups in total. The van der Waals surface area contributed by atoms with E-state index in [4.69, 9.17) is 20.4 Å². The van der Waals surface area contributed by atoms with Crippen LogP contribution in [0.2, 0.25) is 0 Å². The molecular weight excluding hydrogens is 182 g/mol. The van der Waals surface area contributed by atoms with Gasteiger partial charge in [0.15, 0.2) is 12.4 Å². The molecule has 0 heterocycles. The van der Waals surface area contributed by atoms with Crippen molar-refractivity contribution in [1.29, 1.82) is 0 Å². The van der Waals surface area contributed by atoms with Gasteiger partial charge in [0, 0.05) is 0 Å². The number of aliphatic hydroxyl groups is 4. The molecule has 0 aromatic heterocycles. The van der Waals surface area contributed by atoms with Crippen molar-refractivity contribution in [2.45, 2.75) is 24.4 Å². The first-order chi connectivity index (χ1) is 5.91. The van der Waals surface area contributed by atoms with Gasteiger partial charge in [-0.2, -0.15) is 0 Å². The van der Waals surface area contributed by atoms with Crippen LogP contribution in [0.4, 0.5) is 0 Å². The van der Waals surface area contributed by atoms with Crippen LogP contribution in [0, 0.1) is 0 Å². The van der Waals surface area contributed by atoms with Gasteiger partial charge in [-0.3, -0.25) is 4.79 Å². The Hall–Kier alpha value is -1.02. The zero-order chi connectivity index (χ0) is 10.6. The maximum atomic E-state index is 10.3. The number of hydrogen-bond donors (Lipinski definition) is 5. The van der Waals surface area contributed by atoms with Gasteiger partial charge < -0.3 is 31.0 Å². The molecule has 0 aromatic rings. The molecule has 0 aliphatic rings. The standard InChI is InChI=1S/C6H11NO6/c7-6(13)5(12)4(11)3(10)2(9)1-8/h1-5,9-12H,(H2,7,13)/t2-,3-,4+,5-/m1/s1. The average molecular weight is 193 g/mol. The number of nitrogens with two attached hydrogens (primary N) is 1. The molecule has 0 aliphatic carbocycles. The van der Waals surface area contributed by atoms with Crippen LogP contribution in [0.1, 0.15) is 0 Å². The third-order valence-electron chi connectivity index (χ3n) is 1.45. The van der Waals surface area contributed by atoms with Gasteiger partial charge in [0.1, 0.15) is 18.3 Å². The SMILES string of the molecule is NC(=O)[C@H](O)[C@@H](O)[C@H](O)[C@H](O)C=O. The zero-order valence-electron chi connectivity index (χ0n) is 6.57. The van der Waals surface area contributed by atoms with E-state index in [0.29, 0.717) is 0 Å². The van der Waals surface area contributed by atoms with Gasteiger partial charge in [0.05, 0.1) is 0 Å². The van der Waals surface area contributed by atoms with Crippen molar-refractivity contribution in [3.8, 4) is 0 Å². The van der Waals surface area contributed by atoms with Crippen molar-refractivity contribution in [2.24, 2.45) is 5.73 Å². The molecule has 0 aromatic carbocycles. The molecule has 0 saturated heterocycles. The highest BCUT2D eigenvalue weighted by Gasteiger charge is 2.32. The first-order valence-corrected chi connectivity index (χ1v) is 3.38. The summed E-state index contributed by atoms with van der Waals surface area (Å²) in [6, 6.07) is 0. The second-order valence-corrected chi connectivity index (χ2v) is 2.46. The fourth-order valence-electron chi connectivity index (χ4n) is 0.638. The van der Waals surface area contributed by atoms with Crippen LogP contribution in [-0.4, -0.2) is 57.0 Å². The molecule has 7 nitrogen and oxygen atoms in total. The van der Waals surface area contributed by atoms with Crippen LogP contribution in [0.15, 0.2) is 0 Å². The van der Waals surface area contributed by atoms with Crippen LogP contribution in [0.5, 0.6) is 0 Å². The Bertz CT molecular complexity index is 196. The van der Waals surface area contributed by atoms with Crippen molar-refractivity contribution in [1.82, 2.24) is 0 Å². The van der Waals surface area contributed by atoms with Crippen molar-refractivity contribution < 1.29 is 30.0 Å². The molecule has 13 heavy (non-hydrogen) atoms. The summed E-state index contributed by atoms with van der Waals surface area (Å²) in [5.41, 5.74) is 4.59. The van der Waals surface area contributed by atoms with E-state index < -0.39 is 30.3 Å². The number of carbonyl (C=O) groups excluding carboxylic acids is 2. The Morgan fingerprint density at radius 1 is 1.15 bits per heavy atom. The van der Waals surface area contributed by atoms with Crippen LogP contribution in [-0.2, 0) is 9.59 Å². The first-order valence-electron chi connectivity index (χ1n) is 3.38. The minimum Gasteiger partial charge on any atom is -0.387 e. The second-order valence-electron chi connectivity index (χ2n) is 2.46. The zero-order valence-corrected chi connectivity index (χ0v) is 6.57. The number of rotatable bonds is 5. The molecule has 0 unspecified atom stereocenters. The van der Waals surface area contributed by atoms with Crippen molar-refractivity contribution in [3.63, 3.8) is 0 Å². The van der Waals surface area contributed by atoms with Crippen LogP contribution < -0.4 is 5.73 Å². The number of hydrogen-bond acceptors (Lipinski definition) is 6. The van der Waals surface area contributed by atoms with Gasteiger partial charge in [-0.25, -0.2) is 0 Å². The van der Waals surface area contributed by atoms with E-state index in [1.807, 2.05) is 0 Å². The summed E-state index contributed by atoms with van der Waals surface area (Å²) in [5, 5.41) is 35.3. The summed E-state index contributed by atoms with van der Waals surface area (Å²) in [4.78, 5) is 20.2. The van der Waals surface area contributed by atoms with Crippen LogP contribution in [0.25, 0.3) is 0 Å². The predicted molar refractivity (Wildman–Crippen MR) is 39.3 cm³/mol. The molecule has 0 aliphatic heterocycles. The number of aldehydes is 1. The minimum atomic E-state index is -2.02. The van der Waals surface area contributed by atoms with E-state index in [1.165, 1.54) is 0 Å². The lowest BCUT2D eigenvalue weighted by Crippen LogP contribution is -2.49. The summed E-state index contributed by atoms with van der Waals surface area (Å²) in [5.74, 6) is -1.26. The molecule has 0 spiro atoms. The first kappa shape index (κ1) is 12.0. The lowest BCUT2D eigenvalue weighted by atomic mass is 10.0. The highest BCUT2D eigenvalue weighted by Crippen LogP contribution is 2.03. The van der Waals surface area contributed by atoms with Crippen molar-refractivity contribution >= 4 is 12.2 Å². The molecule has 0 fully saturated rings. The monoisotopic (exact) mass is 193 g/mol. The molecule has 4 atom stereocenters. The van der Waals surface area contributed by atoms with Gasteiger partial charge in [0.25, 0.3) is 0 Å². The molecule has 0 saturated carbocycles. The Kier molecular flexibility index (Phi) is 4.49. The summed E-state index contributed by atoms with van der Waals surface area (Å²) in [6.45, 7) is 0. The summed E-state index contributed by atoms with van der Waals surface area (Å²) < 4.78 is 0. The van der Waals surface area contributed by atoms with Crippen LogP contribution >= 0.6 is 0 Å². The van der Waals surface area contributed by atoms with Gasteiger partial charge >= 0.3 is 0 Å². The number of primary amides is 1. The minimum absolute atomic E-state index is 0.0401. The number of amides is 1. The summed E-state index contributed by atoms with van der Waals surface area (Å²) >= 11 is 0. The Labute approximate surface area is 73.4 Å². The molecule has 0 bridgehead atoms. The highest BCUT2D eigenvalue weighted by atomic mass is 16.4. The highest BCUT2D eigenvalue weighted by molar-refractivity contribution is 5.79. The number of aliphatic hydroxyl groups excluding tert-OH is 4. The fourth-order valence-corrected chi connectivity index (χ4v) is 0.638. The molecule has 76 valence electrons. The van der Waals surface area contributed by atoms with Gasteiger partial charge in [-0.1, -0.05) is 0 Å². The van der Waals surface area contributed by atoms with E-state index in [2.05, 4.69) is 5.73 Å². The van der Waals surface area contributed by atoms with E-state index in [1.54, 1.807) is 0 Å². The van der Waals surface area contributed by atoms with E-state index in [-0.39, 0.29) is 6.29 Å². The maximum absolute atomic E-state index is 10.3. The van der Waals surface area contributed by atoms with E-state index in [9.17, 15) is 9.59 Å². The largest absolute Gasteiger partial charge is 0.387 e. The number of carbonyl (C=O) groups is 2. The van der Waals surface area contributed by atoms with Gasteiger partial charge in [-0.15, -0.1) is 0 Å². The summed E-state index contributed by atoms with van der Waals surface area (Å²) in [6.07, 6.45) is -7.87. The third kappa shape index (κ3) is 3.07. The quantitative estimate of drug-likeness (QED) is 0.283. The Balaban J connectivity index is 4.32. The fraction of sp³-hybridized carbons (Fsp3) is 0.667. The average Bonchev–Trinajstić information content (AvgIpc) is 2.12. The smallest absolute Gasteiger partial charge is 0.249 e. The molecule has 7 heteroatoms. The van der Waals surface area contributed by atoms with Gasteiger partial charge in [0.2, 0.25) is 5.91 Å². The lowest BCUT2D eigenvalue weighted by Gasteiger charge is -2.21. The van der Waals surface area contributed by atoms with Crippen molar-refractivity contribution in [3.05, 3.63) is 0 Å².